The van der Waals surface area contributed by atoms with Crippen molar-refractivity contribution in [3.05, 3.63) is 11.7 Å². The Balaban J connectivity index is 1.80. The number of aliphatic hydroxyl groups is 1. The molecule has 2 amide bonds. The zero-order chi connectivity index (χ0) is 16.3. The molecular formula is C15H26N4O3. The van der Waals surface area contributed by atoms with Crippen molar-refractivity contribution in [3.63, 3.8) is 0 Å². The Morgan fingerprint density at radius 3 is 2.59 bits per heavy atom. The van der Waals surface area contributed by atoms with Crippen LogP contribution < -0.4 is 5.32 Å². The summed E-state index contributed by atoms with van der Waals surface area (Å²) in [6.45, 7) is 9.39. The van der Waals surface area contributed by atoms with E-state index in [0.29, 0.717) is 24.8 Å². The highest BCUT2D eigenvalue weighted by molar-refractivity contribution is 5.74. The Morgan fingerprint density at radius 2 is 2.09 bits per heavy atom. The van der Waals surface area contributed by atoms with E-state index in [1.54, 1.807) is 4.90 Å². The third-order valence-corrected chi connectivity index (χ3v) is 4.02. The number of rotatable bonds is 3. The van der Waals surface area contributed by atoms with Crippen molar-refractivity contribution in [3.8, 4) is 0 Å². The summed E-state index contributed by atoms with van der Waals surface area (Å²) in [5.41, 5.74) is -0.196. The summed E-state index contributed by atoms with van der Waals surface area (Å²) in [6, 6.07) is -0.119. The molecule has 1 aliphatic rings. The molecule has 0 radical (unpaired) electrons. The van der Waals surface area contributed by atoms with Crippen LogP contribution >= 0.6 is 0 Å². The second kappa shape index (κ2) is 6.64. The Labute approximate surface area is 131 Å². The van der Waals surface area contributed by atoms with Crippen LogP contribution in [0.5, 0.6) is 0 Å². The van der Waals surface area contributed by atoms with Gasteiger partial charge in [0.1, 0.15) is 0 Å². The summed E-state index contributed by atoms with van der Waals surface area (Å²) < 4.78 is 5.19. The Bertz CT molecular complexity index is 499. The quantitative estimate of drug-likeness (QED) is 0.886. The van der Waals surface area contributed by atoms with Crippen molar-refractivity contribution in [1.82, 2.24) is 20.4 Å². The van der Waals surface area contributed by atoms with E-state index in [-0.39, 0.29) is 30.0 Å². The van der Waals surface area contributed by atoms with E-state index in [1.807, 2.05) is 27.7 Å². The minimum Gasteiger partial charge on any atom is -0.393 e. The van der Waals surface area contributed by atoms with Crippen LogP contribution in [0.2, 0.25) is 0 Å². The van der Waals surface area contributed by atoms with Crippen LogP contribution in [0.1, 0.15) is 52.3 Å². The monoisotopic (exact) mass is 310 g/mol. The number of carbonyl (C=O) groups excluding carboxylic acids is 1. The number of amides is 2. The standard InChI is InChI=1S/C15H26N4O3/c1-10(20)11-5-7-19(8-6-11)14(21)16-9-12-17-13(22-18-12)15(2,3)4/h10-11,20H,5-9H2,1-4H3,(H,16,21). The third kappa shape index (κ3) is 4.19. The molecule has 2 rings (SSSR count). The fourth-order valence-corrected chi connectivity index (χ4v) is 2.48. The summed E-state index contributed by atoms with van der Waals surface area (Å²) in [7, 11) is 0. The number of likely N-dealkylation sites (tertiary alicyclic amines) is 1. The highest BCUT2D eigenvalue weighted by Crippen LogP contribution is 2.21. The molecule has 2 N–H and O–H groups in total. The van der Waals surface area contributed by atoms with E-state index >= 15 is 0 Å². The first-order valence-corrected chi connectivity index (χ1v) is 7.81. The van der Waals surface area contributed by atoms with Gasteiger partial charge in [0, 0.05) is 18.5 Å². The maximum atomic E-state index is 12.1. The van der Waals surface area contributed by atoms with Gasteiger partial charge in [-0.25, -0.2) is 4.79 Å². The van der Waals surface area contributed by atoms with Gasteiger partial charge in [0.05, 0.1) is 12.6 Å². The molecule has 1 atom stereocenters. The van der Waals surface area contributed by atoms with Gasteiger partial charge in [0.25, 0.3) is 0 Å². The first-order chi connectivity index (χ1) is 10.3. The lowest BCUT2D eigenvalue weighted by atomic mass is 9.92. The van der Waals surface area contributed by atoms with Crippen molar-refractivity contribution in [2.75, 3.05) is 13.1 Å². The lowest BCUT2D eigenvalue weighted by molar-refractivity contribution is 0.0797. The molecule has 0 saturated carbocycles. The van der Waals surface area contributed by atoms with Gasteiger partial charge < -0.3 is 19.8 Å². The maximum absolute atomic E-state index is 12.1. The molecule has 1 saturated heterocycles. The summed E-state index contributed by atoms with van der Waals surface area (Å²) in [5, 5.41) is 16.3. The average Bonchev–Trinajstić information content (AvgIpc) is 2.94. The lowest BCUT2D eigenvalue weighted by Crippen LogP contribution is -2.45. The van der Waals surface area contributed by atoms with Gasteiger partial charge in [0.15, 0.2) is 5.82 Å². The van der Waals surface area contributed by atoms with Crippen LogP contribution in [-0.4, -0.2) is 45.4 Å². The topological polar surface area (TPSA) is 91.5 Å². The van der Waals surface area contributed by atoms with Crippen molar-refractivity contribution in [2.24, 2.45) is 5.92 Å². The highest BCUT2D eigenvalue weighted by Gasteiger charge is 2.26. The molecule has 1 fully saturated rings. The Hall–Kier alpha value is -1.63. The van der Waals surface area contributed by atoms with Crippen LogP contribution in [0.4, 0.5) is 4.79 Å². The number of aliphatic hydroxyl groups excluding tert-OH is 1. The minimum atomic E-state index is -0.305. The minimum absolute atomic E-state index is 0.119. The molecule has 7 heteroatoms. The molecule has 0 bridgehead atoms. The first-order valence-electron chi connectivity index (χ1n) is 7.81. The summed E-state index contributed by atoms with van der Waals surface area (Å²) in [5.74, 6) is 1.34. The molecule has 1 unspecified atom stereocenters. The largest absolute Gasteiger partial charge is 0.393 e. The SMILES string of the molecule is CC(O)C1CCN(C(=O)NCc2noc(C(C)(C)C)n2)CC1. The summed E-state index contributed by atoms with van der Waals surface area (Å²) in [4.78, 5) is 18.2. The van der Waals surface area contributed by atoms with E-state index < -0.39 is 0 Å². The zero-order valence-corrected chi connectivity index (χ0v) is 13.8. The number of urea groups is 1. The van der Waals surface area contributed by atoms with Crippen molar-refractivity contribution >= 4 is 6.03 Å². The average molecular weight is 310 g/mol. The van der Waals surface area contributed by atoms with E-state index in [2.05, 4.69) is 15.5 Å². The highest BCUT2D eigenvalue weighted by atomic mass is 16.5. The molecule has 22 heavy (non-hydrogen) atoms. The van der Waals surface area contributed by atoms with Gasteiger partial charge >= 0.3 is 6.03 Å². The lowest BCUT2D eigenvalue weighted by Gasteiger charge is -2.33. The number of carbonyl (C=O) groups is 1. The van der Waals surface area contributed by atoms with Gasteiger partial charge in [-0.05, 0) is 25.7 Å². The van der Waals surface area contributed by atoms with Gasteiger partial charge in [-0.15, -0.1) is 0 Å². The van der Waals surface area contributed by atoms with E-state index in [0.717, 1.165) is 12.8 Å². The van der Waals surface area contributed by atoms with Crippen LogP contribution in [-0.2, 0) is 12.0 Å². The Morgan fingerprint density at radius 1 is 1.45 bits per heavy atom. The van der Waals surface area contributed by atoms with Crippen LogP contribution in [0, 0.1) is 5.92 Å². The van der Waals surface area contributed by atoms with Gasteiger partial charge in [0.2, 0.25) is 5.89 Å². The summed E-state index contributed by atoms with van der Waals surface area (Å²) >= 11 is 0. The molecule has 0 spiro atoms. The van der Waals surface area contributed by atoms with Gasteiger partial charge in [-0.1, -0.05) is 25.9 Å². The molecule has 124 valence electrons. The Kier molecular flexibility index (Phi) is 5.05. The van der Waals surface area contributed by atoms with Crippen LogP contribution in [0.15, 0.2) is 4.52 Å². The van der Waals surface area contributed by atoms with Crippen molar-refractivity contribution in [2.45, 2.75) is 58.6 Å². The number of nitrogens with zero attached hydrogens (tertiary/aromatic N) is 3. The van der Waals surface area contributed by atoms with Gasteiger partial charge in [-0.2, -0.15) is 4.98 Å². The summed E-state index contributed by atoms with van der Waals surface area (Å²) in [6.07, 6.45) is 1.36. The van der Waals surface area contributed by atoms with Gasteiger partial charge in [-0.3, -0.25) is 0 Å². The fraction of sp³-hybridized carbons (Fsp3) is 0.800. The normalized spacial score (nSPS) is 18.3. The number of piperidine rings is 1. The number of hydrogen-bond acceptors (Lipinski definition) is 5. The van der Waals surface area contributed by atoms with E-state index in [4.69, 9.17) is 4.52 Å². The zero-order valence-electron chi connectivity index (χ0n) is 13.8. The smallest absolute Gasteiger partial charge is 0.317 e. The predicted octanol–water partition coefficient (Wildman–Crippen LogP) is 1.67. The van der Waals surface area contributed by atoms with E-state index in [9.17, 15) is 9.90 Å². The molecule has 1 aromatic rings. The molecule has 1 aliphatic heterocycles. The fourth-order valence-electron chi connectivity index (χ4n) is 2.48. The molecule has 2 heterocycles. The van der Waals surface area contributed by atoms with Crippen molar-refractivity contribution < 1.29 is 14.4 Å². The first kappa shape index (κ1) is 16.7. The number of aromatic nitrogens is 2. The van der Waals surface area contributed by atoms with E-state index in [1.165, 1.54) is 0 Å². The molecule has 0 aliphatic carbocycles. The third-order valence-electron chi connectivity index (χ3n) is 4.02. The number of hydrogen-bond donors (Lipinski definition) is 2. The molecular weight excluding hydrogens is 284 g/mol. The second-order valence-corrected chi connectivity index (χ2v) is 6.99. The maximum Gasteiger partial charge on any atom is 0.317 e. The second-order valence-electron chi connectivity index (χ2n) is 6.99. The molecule has 1 aromatic heterocycles. The number of nitrogens with one attached hydrogen (secondary N) is 1. The molecule has 7 nitrogen and oxygen atoms in total. The molecule has 0 aromatic carbocycles. The van der Waals surface area contributed by atoms with Crippen LogP contribution in [0.25, 0.3) is 0 Å². The predicted molar refractivity (Wildman–Crippen MR) is 81.2 cm³/mol. The van der Waals surface area contributed by atoms with Crippen molar-refractivity contribution in [1.29, 1.82) is 0 Å². The van der Waals surface area contributed by atoms with Crippen LogP contribution in [0.3, 0.4) is 0 Å².